The molecule has 0 bridgehead atoms. The zero-order valence-corrected chi connectivity index (χ0v) is 17.2. The lowest BCUT2D eigenvalue weighted by Crippen LogP contribution is -1.86. The van der Waals surface area contributed by atoms with Crippen molar-refractivity contribution in [3.8, 4) is 22.4 Å². The molecule has 0 amide bonds. The molecule has 0 aliphatic carbocycles. The van der Waals surface area contributed by atoms with Gasteiger partial charge in [-0.25, -0.2) is 4.52 Å². The summed E-state index contributed by atoms with van der Waals surface area (Å²) in [5, 5.41) is 4.79. The van der Waals surface area contributed by atoms with E-state index in [4.69, 9.17) is 5.10 Å². The molecular formula is C22H24BrN3. The molecule has 0 aliphatic heterocycles. The molecule has 0 spiro atoms. The number of halogens is 1. The molecule has 0 radical (unpaired) electrons. The van der Waals surface area contributed by atoms with Crippen LogP contribution in [0.2, 0.25) is 0 Å². The molecule has 4 aromatic rings. The first-order chi connectivity index (χ1) is 12.8. The maximum atomic E-state index is 4.79. The van der Waals surface area contributed by atoms with Crippen molar-refractivity contribution in [2.45, 2.75) is 27.7 Å². The Balaban J connectivity index is 0.000000570. The Labute approximate surface area is 163 Å². The van der Waals surface area contributed by atoms with E-state index < -0.39 is 0 Å². The first-order valence-electron chi connectivity index (χ1n) is 8.96. The Morgan fingerprint density at radius 2 is 1.42 bits per heavy atom. The van der Waals surface area contributed by atoms with Crippen molar-refractivity contribution in [2.75, 3.05) is 0 Å². The fourth-order valence-electron chi connectivity index (χ4n) is 2.63. The van der Waals surface area contributed by atoms with Crippen LogP contribution in [0.15, 0.2) is 77.7 Å². The fraction of sp³-hybridized carbons (Fsp3) is 0.182. The third-order valence-corrected chi connectivity index (χ3v) is 4.08. The van der Waals surface area contributed by atoms with Crippen molar-refractivity contribution < 1.29 is 0 Å². The number of fused-ring (bicyclic) bond motifs is 1. The van der Waals surface area contributed by atoms with Gasteiger partial charge < -0.3 is 0 Å². The summed E-state index contributed by atoms with van der Waals surface area (Å²) in [7, 11) is 0. The van der Waals surface area contributed by atoms with Crippen molar-refractivity contribution in [3.05, 3.63) is 77.7 Å². The molecule has 0 aliphatic rings. The number of hydrogen-bond donors (Lipinski definition) is 0. The van der Waals surface area contributed by atoms with Crippen molar-refractivity contribution in [2.24, 2.45) is 0 Å². The van der Waals surface area contributed by atoms with Crippen LogP contribution in [0, 0.1) is 0 Å². The second kappa shape index (κ2) is 9.88. The molecule has 0 unspecified atom stereocenters. The van der Waals surface area contributed by atoms with Gasteiger partial charge in [-0.1, -0.05) is 58.0 Å². The number of nitrogens with zero attached hydrogens (tertiary/aromatic N) is 3. The highest BCUT2D eigenvalue weighted by Gasteiger charge is 2.16. The van der Waals surface area contributed by atoms with Crippen LogP contribution < -0.4 is 0 Å². The molecule has 4 heteroatoms. The van der Waals surface area contributed by atoms with Gasteiger partial charge in [-0.3, -0.25) is 4.98 Å². The predicted octanol–water partition coefficient (Wildman–Crippen LogP) is 6.88. The van der Waals surface area contributed by atoms with Crippen LogP contribution in [0.3, 0.4) is 0 Å². The molecule has 0 N–H and O–H groups in total. The molecule has 3 aromatic heterocycles. The minimum atomic E-state index is 0.977. The van der Waals surface area contributed by atoms with Gasteiger partial charge in [0.05, 0.1) is 5.52 Å². The van der Waals surface area contributed by atoms with E-state index in [2.05, 4.69) is 39.1 Å². The van der Waals surface area contributed by atoms with Crippen molar-refractivity contribution in [1.29, 1.82) is 0 Å². The smallest absolute Gasteiger partial charge is 0.101 e. The van der Waals surface area contributed by atoms with Gasteiger partial charge >= 0.3 is 0 Å². The summed E-state index contributed by atoms with van der Waals surface area (Å²) in [6.45, 7) is 8.00. The summed E-state index contributed by atoms with van der Waals surface area (Å²) in [6, 6.07) is 18.4. The molecule has 134 valence electrons. The molecular weight excluding hydrogens is 386 g/mol. The average Bonchev–Trinajstić information content (AvgIpc) is 3.11. The zero-order chi connectivity index (χ0) is 18.9. The van der Waals surface area contributed by atoms with Crippen molar-refractivity contribution in [3.63, 3.8) is 0 Å². The van der Waals surface area contributed by atoms with Crippen LogP contribution in [0.1, 0.15) is 27.7 Å². The van der Waals surface area contributed by atoms with Crippen molar-refractivity contribution >= 4 is 21.4 Å². The van der Waals surface area contributed by atoms with Gasteiger partial charge in [0.15, 0.2) is 0 Å². The SMILES string of the molecule is Brc1ccc2c(-c3ccncc3)c(-c3ccccc3)nn2c1.CC.CC. The van der Waals surface area contributed by atoms with Gasteiger partial charge in [0.25, 0.3) is 0 Å². The summed E-state index contributed by atoms with van der Waals surface area (Å²) in [6.07, 6.45) is 5.60. The van der Waals surface area contributed by atoms with Crippen LogP contribution in [0.4, 0.5) is 0 Å². The zero-order valence-electron chi connectivity index (χ0n) is 15.6. The second-order valence-electron chi connectivity index (χ2n) is 5.00. The molecule has 4 rings (SSSR count). The molecule has 1 aromatic carbocycles. The monoisotopic (exact) mass is 409 g/mol. The van der Waals surface area contributed by atoms with Crippen LogP contribution >= 0.6 is 15.9 Å². The van der Waals surface area contributed by atoms with E-state index in [0.717, 1.165) is 32.4 Å². The van der Waals surface area contributed by atoms with Gasteiger partial charge in [0, 0.05) is 34.2 Å². The molecule has 0 saturated carbocycles. The third-order valence-electron chi connectivity index (χ3n) is 3.61. The first kappa shape index (κ1) is 19.9. The number of pyridine rings is 2. The van der Waals surface area contributed by atoms with Crippen LogP contribution in [-0.4, -0.2) is 14.6 Å². The Bertz CT molecular complexity index is 932. The summed E-state index contributed by atoms with van der Waals surface area (Å²) in [5.74, 6) is 0. The molecule has 0 atom stereocenters. The average molecular weight is 410 g/mol. The molecule has 3 heterocycles. The Hall–Kier alpha value is -2.46. The molecule has 0 fully saturated rings. The highest BCUT2D eigenvalue weighted by Crippen LogP contribution is 2.35. The minimum Gasteiger partial charge on any atom is -0.265 e. The Morgan fingerprint density at radius 3 is 2.08 bits per heavy atom. The quantitative estimate of drug-likeness (QED) is 0.361. The van der Waals surface area contributed by atoms with Crippen LogP contribution in [0.5, 0.6) is 0 Å². The summed E-state index contributed by atoms with van der Waals surface area (Å²) < 4.78 is 2.92. The lowest BCUT2D eigenvalue weighted by atomic mass is 10.0. The van der Waals surface area contributed by atoms with E-state index in [-0.39, 0.29) is 0 Å². The van der Waals surface area contributed by atoms with Gasteiger partial charge in [-0.05, 0) is 45.8 Å². The maximum Gasteiger partial charge on any atom is 0.101 e. The van der Waals surface area contributed by atoms with Gasteiger partial charge in [-0.15, -0.1) is 0 Å². The van der Waals surface area contributed by atoms with Gasteiger partial charge in [0.2, 0.25) is 0 Å². The normalized spacial score (nSPS) is 9.73. The molecule has 26 heavy (non-hydrogen) atoms. The van der Waals surface area contributed by atoms with Gasteiger partial charge in [-0.2, -0.15) is 5.10 Å². The first-order valence-corrected chi connectivity index (χ1v) is 9.76. The molecule has 3 nitrogen and oxygen atoms in total. The number of aromatic nitrogens is 3. The fourth-order valence-corrected chi connectivity index (χ4v) is 2.95. The maximum absolute atomic E-state index is 4.79. The van der Waals surface area contributed by atoms with E-state index >= 15 is 0 Å². The van der Waals surface area contributed by atoms with E-state index in [1.165, 1.54) is 0 Å². The Morgan fingerprint density at radius 1 is 0.769 bits per heavy atom. The summed E-state index contributed by atoms with van der Waals surface area (Å²) in [5.41, 5.74) is 5.40. The highest BCUT2D eigenvalue weighted by molar-refractivity contribution is 9.10. The van der Waals surface area contributed by atoms with E-state index in [0.29, 0.717) is 0 Å². The second-order valence-corrected chi connectivity index (χ2v) is 5.92. The molecule has 0 saturated heterocycles. The summed E-state index contributed by atoms with van der Waals surface area (Å²) >= 11 is 3.51. The number of rotatable bonds is 2. The summed E-state index contributed by atoms with van der Waals surface area (Å²) in [4.78, 5) is 4.12. The predicted molar refractivity (Wildman–Crippen MR) is 114 cm³/mol. The minimum absolute atomic E-state index is 0.977. The van der Waals surface area contributed by atoms with Crippen molar-refractivity contribution in [1.82, 2.24) is 14.6 Å². The highest BCUT2D eigenvalue weighted by atomic mass is 79.9. The lowest BCUT2D eigenvalue weighted by Gasteiger charge is -2.03. The van der Waals surface area contributed by atoms with E-state index in [1.807, 2.05) is 87.2 Å². The standard InChI is InChI=1S/C18H12BrN3.2C2H6/c19-15-6-7-16-17(13-8-10-20-11-9-13)18(21-22(16)12-15)14-4-2-1-3-5-14;2*1-2/h1-12H;2*1-2H3. The topological polar surface area (TPSA) is 30.2 Å². The lowest BCUT2D eigenvalue weighted by molar-refractivity contribution is 0.961. The van der Waals surface area contributed by atoms with Gasteiger partial charge in [0.1, 0.15) is 5.69 Å². The number of hydrogen-bond acceptors (Lipinski definition) is 2. The largest absolute Gasteiger partial charge is 0.265 e. The Kier molecular flexibility index (Phi) is 7.54. The number of benzene rings is 1. The van der Waals surface area contributed by atoms with Crippen LogP contribution in [0.25, 0.3) is 27.9 Å². The third kappa shape index (κ3) is 4.20. The van der Waals surface area contributed by atoms with E-state index in [1.54, 1.807) is 0 Å². The van der Waals surface area contributed by atoms with E-state index in [9.17, 15) is 0 Å². The van der Waals surface area contributed by atoms with Crippen LogP contribution in [-0.2, 0) is 0 Å².